The van der Waals surface area contributed by atoms with Crippen LogP contribution in [0.25, 0.3) is 11.1 Å². The Morgan fingerprint density at radius 1 is 0.815 bits per heavy atom. The predicted molar refractivity (Wildman–Crippen MR) is 113 cm³/mol. The van der Waals surface area contributed by atoms with E-state index in [1.54, 1.807) is 0 Å². The van der Waals surface area contributed by atoms with Crippen LogP contribution in [0.15, 0.2) is 84.9 Å². The predicted octanol–water partition coefficient (Wildman–Crippen LogP) is 4.72. The van der Waals surface area contributed by atoms with Crippen molar-refractivity contribution in [2.24, 2.45) is 5.92 Å². The molecule has 1 aliphatic heterocycles. The van der Waals surface area contributed by atoms with Crippen LogP contribution in [0.2, 0.25) is 0 Å². The van der Waals surface area contributed by atoms with Crippen LogP contribution >= 0.6 is 12.4 Å². The molecule has 0 saturated carbocycles. The van der Waals surface area contributed by atoms with Crippen molar-refractivity contribution in [1.29, 1.82) is 0 Å². The van der Waals surface area contributed by atoms with E-state index < -0.39 is 0 Å². The van der Waals surface area contributed by atoms with Gasteiger partial charge < -0.3 is 10.6 Å². The number of carbonyl (C=O) groups is 1. The third-order valence-electron chi connectivity index (χ3n) is 5.02. The van der Waals surface area contributed by atoms with Gasteiger partial charge in [-0.1, -0.05) is 72.8 Å². The number of benzene rings is 3. The van der Waals surface area contributed by atoms with Gasteiger partial charge in [0.05, 0.1) is 5.92 Å². The third kappa shape index (κ3) is 4.38. The number of halogens is 1. The van der Waals surface area contributed by atoms with Gasteiger partial charge in [-0.25, -0.2) is 0 Å². The monoisotopic (exact) mass is 378 g/mol. The molecule has 3 nitrogen and oxygen atoms in total. The van der Waals surface area contributed by atoms with Crippen LogP contribution < -0.4 is 10.6 Å². The molecule has 1 saturated heterocycles. The van der Waals surface area contributed by atoms with Gasteiger partial charge in [0, 0.05) is 24.7 Å². The molecule has 1 aliphatic rings. The molecule has 0 bridgehead atoms. The summed E-state index contributed by atoms with van der Waals surface area (Å²) in [6.45, 7) is 1.55. The van der Waals surface area contributed by atoms with Gasteiger partial charge in [-0.15, -0.1) is 12.4 Å². The fraction of sp³-hybridized carbons (Fsp3) is 0.174. The lowest BCUT2D eigenvalue weighted by molar-refractivity contribution is -0.119. The zero-order valence-electron chi connectivity index (χ0n) is 15.0. The molecule has 4 rings (SSSR count). The number of anilines is 1. The first-order chi connectivity index (χ1) is 12.8. The number of carbonyl (C=O) groups excluding carboxylic acids is 1. The summed E-state index contributed by atoms with van der Waals surface area (Å²) in [4.78, 5) is 12.9. The normalized spacial score (nSPS) is 18.5. The minimum absolute atomic E-state index is 0. The first-order valence-corrected chi connectivity index (χ1v) is 9.03. The van der Waals surface area contributed by atoms with E-state index in [1.807, 2.05) is 54.6 Å². The van der Waals surface area contributed by atoms with Crippen LogP contribution in [0.1, 0.15) is 11.5 Å². The Balaban J connectivity index is 0.00000210. The van der Waals surface area contributed by atoms with E-state index in [9.17, 15) is 4.79 Å². The molecule has 2 N–H and O–H groups in total. The molecule has 1 heterocycles. The lowest BCUT2D eigenvalue weighted by Crippen LogP contribution is -2.28. The highest BCUT2D eigenvalue weighted by molar-refractivity contribution is 5.94. The van der Waals surface area contributed by atoms with Crippen molar-refractivity contribution in [2.45, 2.75) is 5.92 Å². The average molecular weight is 379 g/mol. The molecule has 1 fully saturated rings. The number of amides is 1. The summed E-state index contributed by atoms with van der Waals surface area (Å²) < 4.78 is 0. The first-order valence-electron chi connectivity index (χ1n) is 9.03. The SMILES string of the molecule is Cl.O=C(Nc1cccc(-c2ccccc2)c1)[C@H]1CNC[C@@H]1c1ccccc1. The molecule has 0 spiro atoms. The summed E-state index contributed by atoms with van der Waals surface area (Å²) in [6.07, 6.45) is 0. The fourth-order valence-electron chi connectivity index (χ4n) is 3.65. The lowest BCUT2D eigenvalue weighted by Gasteiger charge is -2.19. The van der Waals surface area contributed by atoms with Crippen LogP contribution in [-0.4, -0.2) is 19.0 Å². The van der Waals surface area contributed by atoms with Gasteiger partial charge in [-0.3, -0.25) is 4.79 Å². The molecular formula is C23H23ClN2O. The minimum Gasteiger partial charge on any atom is -0.326 e. The molecule has 1 amide bonds. The summed E-state index contributed by atoms with van der Waals surface area (Å²) in [7, 11) is 0. The molecule has 138 valence electrons. The second-order valence-electron chi connectivity index (χ2n) is 6.72. The topological polar surface area (TPSA) is 41.1 Å². The van der Waals surface area contributed by atoms with Crippen LogP contribution in [0.4, 0.5) is 5.69 Å². The van der Waals surface area contributed by atoms with Gasteiger partial charge >= 0.3 is 0 Å². The smallest absolute Gasteiger partial charge is 0.229 e. The lowest BCUT2D eigenvalue weighted by atomic mass is 9.88. The number of hydrogen-bond acceptors (Lipinski definition) is 2. The van der Waals surface area contributed by atoms with Gasteiger partial charge in [0.2, 0.25) is 5.91 Å². The van der Waals surface area contributed by atoms with Crippen molar-refractivity contribution in [1.82, 2.24) is 5.32 Å². The van der Waals surface area contributed by atoms with E-state index >= 15 is 0 Å². The fourth-order valence-corrected chi connectivity index (χ4v) is 3.65. The number of rotatable bonds is 4. The maximum Gasteiger partial charge on any atom is 0.229 e. The highest BCUT2D eigenvalue weighted by Crippen LogP contribution is 2.29. The quantitative estimate of drug-likeness (QED) is 0.689. The van der Waals surface area contributed by atoms with E-state index in [2.05, 4.69) is 41.0 Å². The third-order valence-corrected chi connectivity index (χ3v) is 5.02. The number of nitrogens with one attached hydrogen (secondary N) is 2. The van der Waals surface area contributed by atoms with Crippen LogP contribution in [0.3, 0.4) is 0 Å². The zero-order chi connectivity index (χ0) is 17.8. The Morgan fingerprint density at radius 2 is 1.48 bits per heavy atom. The molecule has 3 aromatic rings. The summed E-state index contributed by atoms with van der Waals surface area (Å²) in [5, 5.41) is 6.48. The van der Waals surface area contributed by atoms with E-state index in [1.165, 1.54) is 5.56 Å². The largest absolute Gasteiger partial charge is 0.326 e. The minimum atomic E-state index is -0.0576. The van der Waals surface area contributed by atoms with Crippen molar-refractivity contribution < 1.29 is 4.79 Å². The first kappa shape index (κ1) is 19.2. The summed E-state index contributed by atoms with van der Waals surface area (Å²) >= 11 is 0. The van der Waals surface area contributed by atoms with Crippen LogP contribution in [0, 0.1) is 5.92 Å². The van der Waals surface area contributed by atoms with Gasteiger partial charge in [-0.2, -0.15) is 0 Å². The highest BCUT2D eigenvalue weighted by Gasteiger charge is 2.33. The van der Waals surface area contributed by atoms with Crippen LogP contribution in [0.5, 0.6) is 0 Å². The van der Waals surface area contributed by atoms with E-state index in [0.717, 1.165) is 23.4 Å². The summed E-state index contributed by atoms with van der Waals surface area (Å²) in [5.41, 5.74) is 4.31. The van der Waals surface area contributed by atoms with Crippen molar-refractivity contribution in [3.05, 3.63) is 90.5 Å². The van der Waals surface area contributed by atoms with Crippen molar-refractivity contribution in [3.63, 3.8) is 0 Å². The van der Waals surface area contributed by atoms with Gasteiger partial charge in [0.25, 0.3) is 0 Å². The Labute approximate surface area is 166 Å². The van der Waals surface area contributed by atoms with Gasteiger partial charge in [-0.05, 0) is 28.8 Å². The van der Waals surface area contributed by atoms with Crippen LogP contribution in [-0.2, 0) is 4.79 Å². The molecule has 0 aliphatic carbocycles. The summed E-state index contributed by atoms with van der Waals surface area (Å²) in [6, 6.07) is 28.5. The Morgan fingerprint density at radius 3 is 2.22 bits per heavy atom. The molecule has 4 heteroatoms. The molecule has 0 aromatic heterocycles. The highest BCUT2D eigenvalue weighted by atomic mass is 35.5. The van der Waals surface area contributed by atoms with E-state index in [-0.39, 0.29) is 30.2 Å². The average Bonchev–Trinajstić information content (AvgIpc) is 3.20. The maximum atomic E-state index is 12.9. The van der Waals surface area contributed by atoms with Crippen molar-refractivity contribution in [2.75, 3.05) is 18.4 Å². The van der Waals surface area contributed by atoms with Crippen molar-refractivity contribution in [3.8, 4) is 11.1 Å². The molecule has 3 aromatic carbocycles. The Kier molecular flexibility index (Phi) is 6.28. The Bertz CT molecular complexity index is 883. The molecule has 0 unspecified atom stereocenters. The van der Waals surface area contributed by atoms with Crippen molar-refractivity contribution >= 4 is 24.0 Å². The zero-order valence-corrected chi connectivity index (χ0v) is 15.8. The van der Waals surface area contributed by atoms with E-state index in [4.69, 9.17) is 0 Å². The second kappa shape index (κ2) is 8.85. The Hall–Kier alpha value is -2.62. The van der Waals surface area contributed by atoms with Gasteiger partial charge in [0.1, 0.15) is 0 Å². The second-order valence-corrected chi connectivity index (χ2v) is 6.72. The number of hydrogen-bond donors (Lipinski definition) is 2. The van der Waals surface area contributed by atoms with E-state index in [0.29, 0.717) is 6.54 Å². The molecule has 0 radical (unpaired) electrons. The molecule has 27 heavy (non-hydrogen) atoms. The van der Waals surface area contributed by atoms with Gasteiger partial charge in [0.15, 0.2) is 0 Å². The molecular weight excluding hydrogens is 356 g/mol. The summed E-state index contributed by atoms with van der Waals surface area (Å²) in [5.74, 6) is 0.236. The maximum absolute atomic E-state index is 12.9. The standard InChI is InChI=1S/C23H22N2O.ClH/c26-23(22-16-24-15-21(22)18-10-5-2-6-11-18)25-20-13-7-12-19(14-20)17-8-3-1-4-9-17;/h1-14,21-22,24H,15-16H2,(H,25,26);1H/t21-,22+;/m1./s1. The molecule has 2 atom stereocenters.